The largest absolute Gasteiger partial charge is 0.545 e. The molecule has 1 aromatic heterocycles. The van der Waals surface area contributed by atoms with E-state index in [4.69, 9.17) is 4.74 Å². The first kappa shape index (κ1) is 13.0. The number of pyridine rings is 1. The molecule has 0 radical (unpaired) electrons. The lowest BCUT2D eigenvalue weighted by molar-refractivity contribution is -0.254. The van der Waals surface area contributed by atoms with Gasteiger partial charge in [0.1, 0.15) is 5.82 Å². The number of halogens is 1. The molecule has 0 amide bonds. The van der Waals surface area contributed by atoms with E-state index >= 15 is 0 Å². The molecule has 0 unspecified atom stereocenters. The Hall–Kier alpha value is -2.01. The number of ether oxygens (including phenoxy) is 1. The van der Waals surface area contributed by atoms with E-state index in [1.807, 2.05) is 0 Å². The number of hydrogen-bond donors (Lipinski definition) is 0. The van der Waals surface area contributed by atoms with E-state index in [-0.39, 0.29) is 22.4 Å². The number of carbonyl (C=O) groups is 1. The second-order valence-electron chi connectivity index (χ2n) is 4.93. The summed E-state index contributed by atoms with van der Waals surface area (Å²) in [6, 6.07) is 4.02. The molecule has 0 atom stereocenters. The molecule has 0 bridgehead atoms. The van der Waals surface area contributed by atoms with Gasteiger partial charge in [0.2, 0.25) is 0 Å². The van der Waals surface area contributed by atoms with Crippen LogP contribution in [-0.2, 0) is 4.74 Å². The lowest BCUT2D eigenvalue weighted by Gasteiger charge is -2.22. The van der Waals surface area contributed by atoms with Crippen molar-refractivity contribution < 1.29 is 19.0 Å². The zero-order chi connectivity index (χ0) is 14.1. The first-order valence-electron chi connectivity index (χ1n) is 6.54. The quantitative estimate of drug-likeness (QED) is 0.835. The molecular formula is C15H13FNO3-. The van der Waals surface area contributed by atoms with Gasteiger partial charge in [-0.1, -0.05) is 0 Å². The second-order valence-corrected chi connectivity index (χ2v) is 4.93. The molecule has 2 aromatic rings. The van der Waals surface area contributed by atoms with Gasteiger partial charge in [-0.25, -0.2) is 4.39 Å². The fourth-order valence-corrected chi connectivity index (χ4v) is 2.62. The molecule has 3 rings (SSSR count). The van der Waals surface area contributed by atoms with Crippen molar-refractivity contribution in [1.82, 2.24) is 4.98 Å². The van der Waals surface area contributed by atoms with Crippen molar-refractivity contribution in [2.75, 3.05) is 13.2 Å². The summed E-state index contributed by atoms with van der Waals surface area (Å²) in [5.41, 5.74) is 0.982. The number of aromatic carboxylic acids is 1. The van der Waals surface area contributed by atoms with E-state index in [0.29, 0.717) is 13.2 Å². The van der Waals surface area contributed by atoms with E-state index < -0.39 is 11.8 Å². The Morgan fingerprint density at radius 2 is 2.10 bits per heavy atom. The van der Waals surface area contributed by atoms with Crippen molar-refractivity contribution in [1.29, 1.82) is 0 Å². The highest BCUT2D eigenvalue weighted by molar-refractivity contribution is 6.00. The molecule has 1 aliphatic heterocycles. The number of rotatable bonds is 2. The van der Waals surface area contributed by atoms with Crippen molar-refractivity contribution in [3.63, 3.8) is 0 Å². The standard InChI is InChI=1S/C15H14FNO3/c16-13-2-1-11(15(18)19)14-12(13)7-10(8-17-14)9-3-5-20-6-4-9/h1-2,7-9H,3-6H2,(H,18,19)/p-1. The lowest BCUT2D eigenvalue weighted by Crippen LogP contribution is -2.23. The minimum Gasteiger partial charge on any atom is -0.545 e. The van der Waals surface area contributed by atoms with Crippen LogP contribution in [0.1, 0.15) is 34.7 Å². The Labute approximate surface area is 115 Å². The molecule has 1 saturated heterocycles. The SMILES string of the molecule is O=C([O-])c1ccc(F)c2cc(C3CCOCC3)cnc12. The first-order valence-corrected chi connectivity index (χ1v) is 6.54. The molecule has 1 fully saturated rings. The Bertz CT molecular complexity index is 665. The molecule has 2 heterocycles. The van der Waals surface area contributed by atoms with E-state index in [1.54, 1.807) is 12.3 Å². The van der Waals surface area contributed by atoms with Crippen LogP contribution in [0.15, 0.2) is 24.4 Å². The average Bonchev–Trinajstić information content (AvgIpc) is 2.48. The molecule has 0 N–H and O–H groups in total. The Morgan fingerprint density at radius 3 is 2.80 bits per heavy atom. The van der Waals surface area contributed by atoms with Crippen LogP contribution in [0, 0.1) is 5.82 Å². The van der Waals surface area contributed by atoms with Crippen LogP contribution in [0.5, 0.6) is 0 Å². The van der Waals surface area contributed by atoms with Gasteiger partial charge in [0.15, 0.2) is 0 Å². The predicted octanol–water partition coefficient (Wildman–Crippen LogP) is 1.63. The summed E-state index contributed by atoms with van der Waals surface area (Å²) < 4.78 is 19.2. The van der Waals surface area contributed by atoms with Crippen molar-refractivity contribution in [2.45, 2.75) is 18.8 Å². The van der Waals surface area contributed by atoms with Gasteiger partial charge in [0.25, 0.3) is 0 Å². The third-order valence-electron chi connectivity index (χ3n) is 3.73. The van der Waals surface area contributed by atoms with Crippen LogP contribution in [0.4, 0.5) is 4.39 Å². The van der Waals surface area contributed by atoms with Gasteiger partial charge in [-0.15, -0.1) is 0 Å². The van der Waals surface area contributed by atoms with E-state index in [9.17, 15) is 14.3 Å². The number of aromatic nitrogens is 1. The summed E-state index contributed by atoms with van der Waals surface area (Å²) in [6.07, 6.45) is 3.37. The number of nitrogens with zero attached hydrogens (tertiary/aromatic N) is 1. The predicted molar refractivity (Wildman–Crippen MR) is 68.8 cm³/mol. The highest BCUT2D eigenvalue weighted by atomic mass is 19.1. The van der Waals surface area contributed by atoms with Gasteiger partial charge in [0, 0.05) is 30.4 Å². The van der Waals surface area contributed by atoms with Gasteiger partial charge in [-0.3, -0.25) is 4.98 Å². The van der Waals surface area contributed by atoms with Crippen LogP contribution in [-0.4, -0.2) is 24.2 Å². The number of carboxylic acid groups (broad SMARTS) is 1. The van der Waals surface area contributed by atoms with Crippen molar-refractivity contribution >= 4 is 16.9 Å². The maximum Gasteiger partial charge on any atom is 0.132 e. The summed E-state index contributed by atoms with van der Waals surface area (Å²) in [5, 5.41) is 11.3. The van der Waals surface area contributed by atoms with Crippen molar-refractivity contribution in [3.05, 3.63) is 41.3 Å². The number of hydrogen-bond acceptors (Lipinski definition) is 4. The summed E-state index contributed by atoms with van der Waals surface area (Å²) in [5.74, 6) is -1.53. The minimum absolute atomic E-state index is 0.0834. The molecule has 0 saturated carbocycles. The van der Waals surface area contributed by atoms with Gasteiger partial charge >= 0.3 is 0 Å². The molecule has 4 nitrogen and oxygen atoms in total. The van der Waals surface area contributed by atoms with Gasteiger partial charge in [-0.2, -0.15) is 0 Å². The Kier molecular flexibility index (Phi) is 3.36. The zero-order valence-corrected chi connectivity index (χ0v) is 10.8. The summed E-state index contributed by atoms with van der Waals surface area (Å²) in [7, 11) is 0. The molecule has 5 heteroatoms. The molecule has 0 aliphatic carbocycles. The molecule has 20 heavy (non-hydrogen) atoms. The highest BCUT2D eigenvalue weighted by Gasteiger charge is 2.18. The maximum atomic E-state index is 13.9. The third kappa shape index (κ3) is 2.25. The number of carbonyl (C=O) groups excluding carboxylic acids is 1. The summed E-state index contributed by atoms with van der Waals surface area (Å²) in [4.78, 5) is 15.2. The molecule has 1 aromatic carbocycles. The number of benzene rings is 1. The number of fused-ring (bicyclic) bond motifs is 1. The van der Waals surface area contributed by atoms with Crippen LogP contribution < -0.4 is 5.11 Å². The van der Waals surface area contributed by atoms with Crippen LogP contribution in [0.2, 0.25) is 0 Å². The van der Waals surface area contributed by atoms with Crippen molar-refractivity contribution in [2.24, 2.45) is 0 Å². The lowest BCUT2D eigenvalue weighted by atomic mass is 9.92. The monoisotopic (exact) mass is 274 g/mol. The van der Waals surface area contributed by atoms with E-state index in [1.165, 1.54) is 6.07 Å². The van der Waals surface area contributed by atoms with Crippen LogP contribution in [0.25, 0.3) is 10.9 Å². The first-order chi connectivity index (χ1) is 9.66. The summed E-state index contributed by atoms with van der Waals surface area (Å²) in [6.45, 7) is 1.37. The molecule has 104 valence electrons. The minimum atomic E-state index is -1.35. The topological polar surface area (TPSA) is 62.2 Å². The number of carboxylic acids is 1. The van der Waals surface area contributed by atoms with Gasteiger partial charge in [0.05, 0.1) is 11.5 Å². The fraction of sp³-hybridized carbons (Fsp3) is 0.333. The normalized spacial score (nSPS) is 16.4. The van der Waals surface area contributed by atoms with Gasteiger partial charge < -0.3 is 14.6 Å². The molecule has 1 aliphatic rings. The Balaban J connectivity index is 2.10. The smallest absolute Gasteiger partial charge is 0.132 e. The summed E-state index contributed by atoms with van der Waals surface area (Å²) >= 11 is 0. The maximum absolute atomic E-state index is 13.9. The highest BCUT2D eigenvalue weighted by Crippen LogP contribution is 2.29. The average molecular weight is 274 g/mol. The fourth-order valence-electron chi connectivity index (χ4n) is 2.62. The molecule has 0 spiro atoms. The second kappa shape index (κ2) is 5.17. The van der Waals surface area contributed by atoms with Crippen molar-refractivity contribution in [3.8, 4) is 0 Å². The van der Waals surface area contributed by atoms with E-state index in [2.05, 4.69) is 4.98 Å². The Morgan fingerprint density at radius 1 is 1.35 bits per heavy atom. The third-order valence-corrected chi connectivity index (χ3v) is 3.73. The van der Waals surface area contributed by atoms with Crippen LogP contribution in [0.3, 0.4) is 0 Å². The van der Waals surface area contributed by atoms with Gasteiger partial charge in [-0.05, 0) is 42.5 Å². The molecular weight excluding hydrogens is 261 g/mol. The zero-order valence-electron chi connectivity index (χ0n) is 10.8. The van der Waals surface area contributed by atoms with E-state index in [0.717, 1.165) is 24.5 Å². The van der Waals surface area contributed by atoms with Crippen LogP contribution >= 0.6 is 0 Å².